The third-order valence-corrected chi connectivity index (χ3v) is 10.8. The number of carbonyl (C=O) groups is 2. The van der Waals surface area contributed by atoms with Crippen LogP contribution >= 0.6 is 7.82 Å². The first-order valence-corrected chi connectivity index (χ1v) is 24.3. The minimum absolute atomic E-state index is 0.186. The Balaban J connectivity index is 4.23. The fraction of sp³-hybridized carbons (Fsp3) is 0.867. The van der Waals surface area contributed by atoms with Gasteiger partial charge in [-0.25, -0.2) is 4.57 Å². The first-order chi connectivity index (χ1) is 27.2. The Morgan fingerprint density at radius 3 is 1.43 bits per heavy atom. The number of hydrogen-bond donors (Lipinski definition) is 3. The monoisotopic (exact) mass is 817 g/mol. The molecule has 3 N–H and O–H groups in total. The molecule has 1 unspecified atom stereocenters. The van der Waals surface area contributed by atoms with Crippen molar-refractivity contribution in [3.05, 3.63) is 24.3 Å². The van der Waals surface area contributed by atoms with Gasteiger partial charge < -0.3 is 24.6 Å². The predicted octanol–water partition coefficient (Wildman–Crippen LogP) is 12.2. The van der Waals surface area contributed by atoms with E-state index in [2.05, 4.69) is 38.2 Å². The molecule has 0 spiro atoms. The molecule has 0 rings (SSSR count). The van der Waals surface area contributed by atoms with Crippen molar-refractivity contribution < 1.29 is 47.8 Å². The van der Waals surface area contributed by atoms with Gasteiger partial charge in [-0.2, -0.15) is 0 Å². The van der Waals surface area contributed by atoms with Gasteiger partial charge in [-0.15, -0.1) is 0 Å². The molecule has 3 atom stereocenters. The zero-order valence-electron chi connectivity index (χ0n) is 35.9. The van der Waals surface area contributed by atoms with Gasteiger partial charge in [0.15, 0.2) is 6.10 Å². The van der Waals surface area contributed by atoms with Crippen molar-refractivity contribution in [2.75, 3.05) is 26.4 Å². The SMILES string of the molecule is CCCC/C=C\C/C=C\CCCCCCCC(=O)OC[C@H](COP(=O)(O)OC[C@@H](O)CO)OC(=O)CCCCCCCCCCCCCCCCCCCCC. The number of esters is 2. The van der Waals surface area contributed by atoms with Gasteiger partial charge in [0.25, 0.3) is 0 Å². The normalized spacial score (nSPS) is 14.0. The van der Waals surface area contributed by atoms with Crippen LogP contribution in [0.1, 0.15) is 213 Å². The summed E-state index contributed by atoms with van der Waals surface area (Å²) >= 11 is 0. The average molecular weight is 817 g/mol. The lowest BCUT2D eigenvalue weighted by Gasteiger charge is -2.20. The maximum Gasteiger partial charge on any atom is 0.472 e. The van der Waals surface area contributed by atoms with E-state index >= 15 is 0 Å². The maximum atomic E-state index is 12.6. The molecule has 0 aromatic carbocycles. The lowest BCUT2D eigenvalue weighted by Crippen LogP contribution is -2.29. The third kappa shape index (κ3) is 40.6. The Labute approximate surface area is 342 Å². The van der Waals surface area contributed by atoms with Crippen molar-refractivity contribution in [1.82, 2.24) is 0 Å². The molecule has 0 fully saturated rings. The number of rotatable bonds is 43. The van der Waals surface area contributed by atoms with Crippen molar-refractivity contribution in [1.29, 1.82) is 0 Å². The van der Waals surface area contributed by atoms with Crippen LogP contribution < -0.4 is 0 Å². The number of aliphatic hydroxyl groups is 2. The highest BCUT2D eigenvalue weighted by atomic mass is 31.2. The number of aliphatic hydroxyl groups excluding tert-OH is 2. The zero-order chi connectivity index (χ0) is 41.2. The molecule has 0 saturated carbocycles. The summed E-state index contributed by atoms with van der Waals surface area (Å²) in [6.07, 6.45) is 41.4. The lowest BCUT2D eigenvalue weighted by atomic mass is 10.0. The number of phosphoric acid groups is 1. The molecule has 0 aliphatic carbocycles. The fourth-order valence-electron chi connectivity index (χ4n) is 6.30. The molecule has 0 aliphatic rings. The van der Waals surface area contributed by atoms with E-state index in [1.807, 2.05) is 0 Å². The van der Waals surface area contributed by atoms with Gasteiger partial charge in [0.05, 0.1) is 19.8 Å². The lowest BCUT2D eigenvalue weighted by molar-refractivity contribution is -0.161. The number of carbonyl (C=O) groups excluding carboxylic acids is 2. The highest BCUT2D eigenvalue weighted by Gasteiger charge is 2.27. The van der Waals surface area contributed by atoms with Crippen LogP contribution in [0.4, 0.5) is 0 Å². The summed E-state index contributed by atoms with van der Waals surface area (Å²) in [5.74, 6) is -0.932. The van der Waals surface area contributed by atoms with E-state index in [0.29, 0.717) is 12.8 Å². The summed E-state index contributed by atoms with van der Waals surface area (Å²) in [6, 6.07) is 0. The van der Waals surface area contributed by atoms with Gasteiger partial charge in [-0.3, -0.25) is 18.6 Å². The molecule has 330 valence electrons. The quantitative estimate of drug-likeness (QED) is 0.0235. The molecule has 0 aliphatic heterocycles. The van der Waals surface area contributed by atoms with Crippen LogP contribution in [0.3, 0.4) is 0 Å². The molecule has 0 heterocycles. The van der Waals surface area contributed by atoms with Crippen molar-refractivity contribution in [2.45, 2.75) is 225 Å². The zero-order valence-corrected chi connectivity index (χ0v) is 36.8. The van der Waals surface area contributed by atoms with Gasteiger partial charge in [0.2, 0.25) is 0 Å². The average Bonchev–Trinajstić information content (AvgIpc) is 3.19. The largest absolute Gasteiger partial charge is 0.472 e. The molecule has 10 nitrogen and oxygen atoms in total. The Bertz CT molecular complexity index is 988. The summed E-state index contributed by atoms with van der Waals surface area (Å²) in [4.78, 5) is 35.0. The van der Waals surface area contributed by atoms with Crippen molar-refractivity contribution in [3.8, 4) is 0 Å². The highest BCUT2D eigenvalue weighted by Crippen LogP contribution is 2.43. The third-order valence-electron chi connectivity index (χ3n) is 9.86. The van der Waals surface area contributed by atoms with Crippen molar-refractivity contribution >= 4 is 19.8 Å². The van der Waals surface area contributed by atoms with E-state index in [9.17, 15) is 24.2 Å². The van der Waals surface area contributed by atoms with Crippen molar-refractivity contribution in [3.63, 3.8) is 0 Å². The van der Waals surface area contributed by atoms with Crippen molar-refractivity contribution in [2.24, 2.45) is 0 Å². The summed E-state index contributed by atoms with van der Waals surface area (Å²) in [5.41, 5.74) is 0. The molecule has 56 heavy (non-hydrogen) atoms. The number of hydrogen-bond acceptors (Lipinski definition) is 9. The van der Waals surface area contributed by atoms with Crippen LogP contribution in [0.5, 0.6) is 0 Å². The van der Waals surface area contributed by atoms with E-state index in [-0.39, 0.29) is 19.4 Å². The predicted molar refractivity (Wildman–Crippen MR) is 228 cm³/mol. The van der Waals surface area contributed by atoms with Gasteiger partial charge >= 0.3 is 19.8 Å². The minimum atomic E-state index is -4.62. The molecular formula is C45H85O10P. The van der Waals surface area contributed by atoms with Crippen LogP contribution in [-0.4, -0.2) is 65.7 Å². The molecule has 11 heteroatoms. The van der Waals surface area contributed by atoms with Gasteiger partial charge in [-0.1, -0.05) is 186 Å². The van der Waals surface area contributed by atoms with Gasteiger partial charge in [0.1, 0.15) is 12.7 Å². The number of unbranched alkanes of at least 4 members (excludes halogenated alkanes) is 25. The Kier molecular flexibility index (Phi) is 40.5. The molecular weight excluding hydrogens is 731 g/mol. The van der Waals surface area contributed by atoms with Gasteiger partial charge in [0, 0.05) is 12.8 Å². The van der Waals surface area contributed by atoms with Crippen LogP contribution in [-0.2, 0) is 32.7 Å². The van der Waals surface area contributed by atoms with E-state index in [1.54, 1.807) is 0 Å². The fourth-order valence-corrected chi connectivity index (χ4v) is 7.09. The Hall–Kier alpha value is -1.55. The Morgan fingerprint density at radius 2 is 0.946 bits per heavy atom. The molecule has 0 bridgehead atoms. The second-order valence-corrected chi connectivity index (χ2v) is 16.9. The highest BCUT2D eigenvalue weighted by molar-refractivity contribution is 7.47. The second kappa shape index (κ2) is 41.6. The summed E-state index contributed by atoms with van der Waals surface area (Å²) in [7, 11) is -4.62. The molecule has 0 aromatic heterocycles. The van der Waals surface area contributed by atoms with E-state index in [1.165, 1.54) is 109 Å². The van der Waals surface area contributed by atoms with Gasteiger partial charge in [-0.05, 0) is 38.5 Å². The number of ether oxygens (including phenoxy) is 2. The van der Waals surface area contributed by atoms with Crippen LogP contribution in [0.25, 0.3) is 0 Å². The number of phosphoric ester groups is 1. The summed E-state index contributed by atoms with van der Waals surface area (Å²) in [5, 5.41) is 18.3. The molecule has 0 amide bonds. The molecule has 0 aromatic rings. The standard InChI is InChI=1S/C45H85O10P/c1-3-5-7-9-11-13-15-17-19-20-21-22-23-25-27-29-31-33-35-37-45(49)55-43(41-54-56(50,51)53-39-42(47)38-46)40-52-44(48)36-34-32-30-28-26-24-18-16-14-12-10-8-6-4-2/h10,12,16,18,42-43,46-47H,3-9,11,13-15,17,19-41H2,1-2H3,(H,50,51)/b12-10-,18-16-/t42-,43+/m0/s1. The second-order valence-electron chi connectivity index (χ2n) is 15.4. The summed E-state index contributed by atoms with van der Waals surface area (Å²) < 4.78 is 32.7. The molecule has 0 saturated heterocycles. The first-order valence-electron chi connectivity index (χ1n) is 22.8. The minimum Gasteiger partial charge on any atom is -0.462 e. The maximum absolute atomic E-state index is 12.6. The van der Waals surface area contributed by atoms with Crippen LogP contribution in [0, 0.1) is 0 Å². The molecule has 0 radical (unpaired) electrons. The first kappa shape index (κ1) is 54.5. The van der Waals surface area contributed by atoms with Crippen LogP contribution in [0.2, 0.25) is 0 Å². The smallest absolute Gasteiger partial charge is 0.462 e. The van der Waals surface area contributed by atoms with E-state index in [4.69, 9.17) is 23.6 Å². The van der Waals surface area contributed by atoms with Crippen LogP contribution in [0.15, 0.2) is 24.3 Å². The topological polar surface area (TPSA) is 149 Å². The number of allylic oxidation sites excluding steroid dienone is 4. The van der Waals surface area contributed by atoms with E-state index < -0.39 is 51.8 Å². The Morgan fingerprint density at radius 1 is 0.536 bits per heavy atom. The summed E-state index contributed by atoms with van der Waals surface area (Å²) in [6.45, 7) is 2.35. The van der Waals surface area contributed by atoms with E-state index in [0.717, 1.165) is 64.2 Å².